The lowest BCUT2D eigenvalue weighted by molar-refractivity contribution is 0.103. The van der Waals surface area contributed by atoms with Gasteiger partial charge in [-0.2, -0.15) is 5.10 Å². The number of thiazole rings is 1. The minimum Gasteiger partial charge on any atom is -0.320 e. The fraction of sp³-hybridized carbons (Fsp3) is 0.111. The number of carbonyl (C=O) groups excluding carboxylic acids is 1. The smallest absolute Gasteiger partial charge is 0.267 e. The van der Waals surface area contributed by atoms with E-state index in [-0.39, 0.29) is 5.91 Å². The molecule has 3 aromatic heterocycles. The Morgan fingerprint density at radius 2 is 1.96 bits per heavy atom. The summed E-state index contributed by atoms with van der Waals surface area (Å²) in [5.74, 6) is -0.192. The van der Waals surface area contributed by atoms with Crippen molar-refractivity contribution in [1.29, 1.82) is 0 Å². The van der Waals surface area contributed by atoms with Gasteiger partial charge in [0.25, 0.3) is 5.91 Å². The number of hydrogen-bond acceptors (Lipinski definition) is 5. The number of hydrogen-bond donors (Lipinski definition) is 1. The van der Waals surface area contributed by atoms with Gasteiger partial charge in [0.05, 0.1) is 23.8 Å². The van der Waals surface area contributed by atoms with E-state index < -0.39 is 0 Å². The van der Waals surface area contributed by atoms with Gasteiger partial charge in [0.2, 0.25) is 0 Å². The number of nitrogens with zero attached hydrogens (tertiary/aromatic N) is 4. The number of rotatable bonds is 3. The highest BCUT2D eigenvalue weighted by atomic mass is 32.1. The second kappa shape index (κ2) is 6.10. The maximum absolute atomic E-state index is 12.5. The van der Waals surface area contributed by atoms with Crippen molar-refractivity contribution in [2.24, 2.45) is 7.05 Å². The van der Waals surface area contributed by atoms with Gasteiger partial charge in [0.15, 0.2) is 5.65 Å². The summed E-state index contributed by atoms with van der Waals surface area (Å²) in [5, 5.41) is 8.97. The van der Waals surface area contributed by atoms with Gasteiger partial charge in [0.1, 0.15) is 9.88 Å². The van der Waals surface area contributed by atoms with E-state index >= 15 is 0 Å². The topological polar surface area (TPSA) is 72.7 Å². The molecule has 0 aliphatic rings. The summed E-state index contributed by atoms with van der Waals surface area (Å²) in [6.07, 6.45) is 3.24. The average Bonchev–Trinajstić information content (AvgIpc) is 3.22. The molecule has 0 spiro atoms. The molecule has 4 rings (SSSR count). The van der Waals surface area contributed by atoms with Crippen LogP contribution in [0.4, 0.5) is 5.69 Å². The molecule has 0 unspecified atom stereocenters. The summed E-state index contributed by atoms with van der Waals surface area (Å²) >= 11 is 1.36. The van der Waals surface area contributed by atoms with Crippen molar-refractivity contribution in [1.82, 2.24) is 19.7 Å². The fourth-order valence-corrected chi connectivity index (χ4v) is 3.48. The molecule has 0 atom stereocenters. The molecule has 124 valence electrons. The summed E-state index contributed by atoms with van der Waals surface area (Å²) in [6.45, 7) is 1.92. The lowest BCUT2D eigenvalue weighted by Gasteiger charge is -2.03. The normalized spacial score (nSPS) is 11.0. The van der Waals surface area contributed by atoms with Gasteiger partial charge in [0, 0.05) is 18.0 Å². The van der Waals surface area contributed by atoms with Crippen LogP contribution in [-0.2, 0) is 7.05 Å². The van der Waals surface area contributed by atoms with Gasteiger partial charge in [-0.1, -0.05) is 30.3 Å². The number of benzene rings is 1. The number of aromatic nitrogens is 4. The summed E-state index contributed by atoms with van der Waals surface area (Å²) in [5.41, 5.74) is 3.31. The average molecular weight is 349 g/mol. The number of anilines is 1. The van der Waals surface area contributed by atoms with Gasteiger partial charge in [-0.3, -0.25) is 9.48 Å². The van der Waals surface area contributed by atoms with E-state index in [1.54, 1.807) is 17.1 Å². The van der Waals surface area contributed by atoms with Crippen molar-refractivity contribution in [3.8, 4) is 10.6 Å². The first-order valence-corrected chi connectivity index (χ1v) is 8.55. The SMILES string of the molecule is Cc1nn(C)c2ncc(NC(=O)c3cnc(-c4ccccc4)s3)cc12. The summed E-state index contributed by atoms with van der Waals surface area (Å²) in [4.78, 5) is 21.8. The molecule has 0 fully saturated rings. The predicted octanol–water partition coefficient (Wildman–Crippen LogP) is 3.65. The lowest BCUT2D eigenvalue weighted by Crippen LogP contribution is -2.10. The zero-order valence-electron chi connectivity index (χ0n) is 13.7. The molecular formula is C18H15N5OS. The first-order chi connectivity index (χ1) is 12.1. The van der Waals surface area contributed by atoms with Crippen molar-refractivity contribution < 1.29 is 4.79 Å². The first-order valence-electron chi connectivity index (χ1n) is 7.74. The van der Waals surface area contributed by atoms with E-state index in [2.05, 4.69) is 20.4 Å². The molecule has 7 heteroatoms. The Morgan fingerprint density at radius 3 is 2.76 bits per heavy atom. The van der Waals surface area contributed by atoms with Crippen LogP contribution in [0.1, 0.15) is 15.4 Å². The largest absolute Gasteiger partial charge is 0.320 e. The van der Waals surface area contributed by atoms with Crippen LogP contribution in [0.5, 0.6) is 0 Å². The Hall–Kier alpha value is -3.06. The Morgan fingerprint density at radius 1 is 1.16 bits per heavy atom. The van der Waals surface area contributed by atoms with Crippen LogP contribution in [0, 0.1) is 6.92 Å². The number of aryl methyl sites for hydroxylation is 2. The van der Waals surface area contributed by atoms with E-state index in [4.69, 9.17) is 0 Å². The second-order valence-corrected chi connectivity index (χ2v) is 6.68. The van der Waals surface area contributed by atoms with Gasteiger partial charge >= 0.3 is 0 Å². The van der Waals surface area contributed by atoms with Gasteiger partial charge in [-0.15, -0.1) is 11.3 Å². The molecule has 4 aromatic rings. The summed E-state index contributed by atoms with van der Waals surface area (Å²) < 4.78 is 1.73. The standard InChI is InChI=1S/C18H15N5OS/c1-11-14-8-13(9-19-16(14)23(2)22-11)21-17(24)15-10-20-18(25-15)12-6-4-3-5-7-12/h3-10H,1-2H3,(H,21,24). The molecule has 25 heavy (non-hydrogen) atoms. The summed E-state index contributed by atoms with van der Waals surface area (Å²) in [7, 11) is 1.85. The predicted molar refractivity (Wildman–Crippen MR) is 98.7 cm³/mol. The van der Waals surface area contributed by atoms with Crippen LogP contribution >= 0.6 is 11.3 Å². The van der Waals surface area contributed by atoms with Crippen LogP contribution in [0.15, 0.2) is 48.8 Å². The van der Waals surface area contributed by atoms with E-state index in [1.165, 1.54) is 11.3 Å². The zero-order valence-corrected chi connectivity index (χ0v) is 14.5. The van der Waals surface area contributed by atoms with Crippen LogP contribution in [0.3, 0.4) is 0 Å². The maximum atomic E-state index is 12.5. The van der Waals surface area contributed by atoms with Crippen LogP contribution in [-0.4, -0.2) is 25.7 Å². The number of pyridine rings is 1. The first kappa shape index (κ1) is 15.5. The minimum atomic E-state index is -0.192. The molecular weight excluding hydrogens is 334 g/mol. The van der Waals surface area contributed by atoms with E-state index in [1.807, 2.05) is 50.4 Å². The Balaban J connectivity index is 1.58. The Bertz CT molecular complexity index is 1070. The van der Waals surface area contributed by atoms with Crippen molar-refractivity contribution >= 4 is 34.0 Å². The number of nitrogens with one attached hydrogen (secondary N) is 1. The van der Waals surface area contributed by atoms with Crippen LogP contribution in [0.25, 0.3) is 21.6 Å². The van der Waals surface area contributed by atoms with Gasteiger partial charge in [-0.05, 0) is 13.0 Å². The van der Waals surface area contributed by atoms with Gasteiger partial charge in [-0.25, -0.2) is 9.97 Å². The third kappa shape index (κ3) is 2.89. The highest BCUT2D eigenvalue weighted by Gasteiger charge is 2.13. The van der Waals surface area contributed by atoms with Crippen LogP contribution < -0.4 is 5.32 Å². The van der Waals surface area contributed by atoms with E-state index in [0.29, 0.717) is 10.6 Å². The molecule has 0 radical (unpaired) electrons. The Kier molecular flexibility index (Phi) is 3.77. The molecule has 0 saturated carbocycles. The van der Waals surface area contributed by atoms with Crippen molar-refractivity contribution in [2.45, 2.75) is 6.92 Å². The van der Waals surface area contributed by atoms with Crippen LogP contribution in [0.2, 0.25) is 0 Å². The molecule has 3 heterocycles. The van der Waals surface area contributed by atoms with E-state index in [9.17, 15) is 4.79 Å². The van der Waals surface area contributed by atoms with E-state index in [0.717, 1.165) is 27.3 Å². The highest BCUT2D eigenvalue weighted by molar-refractivity contribution is 7.17. The van der Waals surface area contributed by atoms with Gasteiger partial charge < -0.3 is 5.32 Å². The highest BCUT2D eigenvalue weighted by Crippen LogP contribution is 2.26. The molecule has 0 saturated heterocycles. The Labute approximate surface area is 148 Å². The molecule has 0 aliphatic carbocycles. The van der Waals surface area contributed by atoms with Crippen molar-refractivity contribution in [3.05, 3.63) is 59.4 Å². The molecule has 0 aliphatic heterocycles. The molecule has 6 nitrogen and oxygen atoms in total. The third-order valence-corrected chi connectivity index (χ3v) is 4.92. The second-order valence-electron chi connectivity index (χ2n) is 5.65. The van der Waals surface area contributed by atoms with Crippen molar-refractivity contribution in [2.75, 3.05) is 5.32 Å². The monoisotopic (exact) mass is 349 g/mol. The molecule has 1 amide bonds. The maximum Gasteiger partial charge on any atom is 0.267 e. The number of carbonyl (C=O) groups is 1. The molecule has 1 aromatic carbocycles. The molecule has 1 N–H and O–H groups in total. The fourth-order valence-electron chi connectivity index (χ4n) is 2.66. The third-order valence-electron chi connectivity index (χ3n) is 3.87. The summed E-state index contributed by atoms with van der Waals surface area (Å²) in [6, 6.07) is 11.7. The number of fused-ring (bicyclic) bond motifs is 1. The number of amides is 1. The quantitative estimate of drug-likeness (QED) is 0.613. The minimum absolute atomic E-state index is 0.192. The van der Waals surface area contributed by atoms with Crippen molar-refractivity contribution in [3.63, 3.8) is 0 Å². The zero-order chi connectivity index (χ0) is 17.4. The lowest BCUT2D eigenvalue weighted by atomic mass is 10.2. The molecule has 0 bridgehead atoms.